The highest BCUT2D eigenvalue weighted by molar-refractivity contribution is 6.19. The lowest BCUT2D eigenvalue weighted by Crippen LogP contribution is -2.20. The van der Waals surface area contributed by atoms with Gasteiger partial charge in [-0.15, -0.1) is 0 Å². The maximum atomic E-state index is 2.47. The molecule has 0 fully saturated rings. The molecule has 2 aliphatic rings. The Labute approximate surface area is 327 Å². The molecule has 1 aromatic heterocycles. The van der Waals surface area contributed by atoms with Gasteiger partial charge in [0.05, 0.1) is 11.0 Å². The van der Waals surface area contributed by atoms with E-state index in [-0.39, 0.29) is 5.92 Å². The van der Waals surface area contributed by atoms with Gasteiger partial charge in [-0.3, -0.25) is 0 Å². The Hall–Kier alpha value is -6.38. The van der Waals surface area contributed by atoms with Crippen molar-refractivity contribution in [3.05, 3.63) is 223 Å². The molecule has 0 aliphatic heterocycles. The van der Waals surface area contributed by atoms with Gasteiger partial charge in [-0.2, -0.15) is 0 Å². The number of allylic oxidation sites excluding steroid dienone is 14. The van der Waals surface area contributed by atoms with Crippen LogP contribution in [-0.2, 0) is 0 Å². The standard InChI is InChI=1S/C51H44N2.C2H6/c1-3-19-38(2)48(32-18-25-40-20-6-4-7-21-40)52(35-17-16-24-39-22-10-11-23-39)44-34-33-42(36-44)50-45-29-13-12-26-41(45)37-47-46-30-14-15-31-49(46)53(51(47)50)43-27-8-5-9-28-43;1-2/h3-35,37-39H,36H2,1-2H3;1-2H3/b19-3-,24-16+,25-18+,35-17+,48-32+;. The van der Waals surface area contributed by atoms with Gasteiger partial charge in [-0.05, 0) is 71.3 Å². The summed E-state index contributed by atoms with van der Waals surface area (Å²) in [6.07, 6.45) is 34.0. The highest BCUT2D eigenvalue weighted by Gasteiger charge is 2.25. The van der Waals surface area contributed by atoms with Crippen LogP contribution in [0.2, 0.25) is 0 Å². The van der Waals surface area contributed by atoms with Crippen molar-refractivity contribution in [3.8, 4) is 5.69 Å². The molecule has 0 radical (unpaired) electrons. The summed E-state index contributed by atoms with van der Waals surface area (Å²) in [6.45, 7) is 8.38. The predicted molar refractivity (Wildman–Crippen MR) is 240 cm³/mol. The zero-order chi connectivity index (χ0) is 38.0. The second kappa shape index (κ2) is 17.6. The molecule has 1 unspecified atom stereocenters. The van der Waals surface area contributed by atoms with Crippen LogP contribution < -0.4 is 0 Å². The number of hydrogen-bond donors (Lipinski definition) is 0. The van der Waals surface area contributed by atoms with Crippen LogP contribution in [0.15, 0.2) is 212 Å². The first kappa shape index (κ1) is 37.0. The smallest absolute Gasteiger partial charge is 0.0622 e. The Balaban J connectivity index is 0.00000229. The minimum absolute atomic E-state index is 0.185. The van der Waals surface area contributed by atoms with Gasteiger partial charge >= 0.3 is 0 Å². The molecule has 2 aliphatic carbocycles. The lowest BCUT2D eigenvalue weighted by atomic mass is 9.93. The predicted octanol–water partition coefficient (Wildman–Crippen LogP) is 14.6. The van der Waals surface area contributed by atoms with Crippen LogP contribution in [0, 0.1) is 11.8 Å². The van der Waals surface area contributed by atoms with Crippen LogP contribution in [0.4, 0.5) is 0 Å². The third kappa shape index (κ3) is 7.95. The van der Waals surface area contributed by atoms with Crippen molar-refractivity contribution in [2.75, 3.05) is 0 Å². The highest BCUT2D eigenvalue weighted by atomic mass is 15.1. The van der Waals surface area contributed by atoms with Crippen LogP contribution in [0.5, 0.6) is 0 Å². The van der Waals surface area contributed by atoms with E-state index < -0.39 is 0 Å². The molecule has 0 saturated heterocycles. The Kier molecular flexibility index (Phi) is 11.8. The Morgan fingerprint density at radius 1 is 0.745 bits per heavy atom. The maximum absolute atomic E-state index is 2.47. The molecule has 0 N–H and O–H groups in total. The number of para-hydroxylation sites is 2. The molecule has 2 heteroatoms. The van der Waals surface area contributed by atoms with Crippen molar-refractivity contribution >= 4 is 44.2 Å². The first-order valence-corrected chi connectivity index (χ1v) is 19.7. The topological polar surface area (TPSA) is 8.17 Å². The molecule has 0 bridgehead atoms. The van der Waals surface area contributed by atoms with E-state index in [9.17, 15) is 0 Å². The van der Waals surface area contributed by atoms with Gasteiger partial charge in [0.25, 0.3) is 0 Å². The fraction of sp³-hybridized carbons (Fsp3) is 0.132. The van der Waals surface area contributed by atoms with Gasteiger partial charge in [-0.1, -0.05) is 179 Å². The molecule has 8 rings (SSSR count). The molecule has 0 spiro atoms. The fourth-order valence-corrected chi connectivity index (χ4v) is 7.72. The largest absolute Gasteiger partial charge is 0.324 e. The second-order valence-corrected chi connectivity index (χ2v) is 13.7. The van der Waals surface area contributed by atoms with E-state index in [2.05, 4.69) is 230 Å². The summed E-state index contributed by atoms with van der Waals surface area (Å²) in [6, 6.07) is 41.4. The minimum Gasteiger partial charge on any atom is -0.324 e. The van der Waals surface area contributed by atoms with Crippen LogP contribution >= 0.6 is 0 Å². The normalized spacial score (nSPS) is 15.3. The molecule has 2 nitrogen and oxygen atoms in total. The molecule has 1 heterocycles. The van der Waals surface area contributed by atoms with Crippen LogP contribution in [0.25, 0.3) is 49.9 Å². The van der Waals surface area contributed by atoms with Gasteiger partial charge in [0, 0.05) is 57.9 Å². The number of fused-ring (bicyclic) bond motifs is 4. The Bertz CT molecular complexity index is 2530. The zero-order valence-corrected chi connectivity index (χ0v) is 32.4. The summed E-state index contributed by atoms with van der Waals surface area (Å²) in [5.74, 6) is 0.521. The van der Waals surface area contributed by atoms with E-state index >= 15 is 0 Å². The number of rotatable bonds is 11. The van der Waals surface area contributed by atoms with E-state index in [0.29, 0.717) is 5.92 Å². The average molecular weight is 715 g/mol. The fourth-order valence-electron chi connectivity index (χ4n) is 7.72. The number of benzene rings is 5. The molecule has 5 aromatic carbocycles. The average Bonchev–Trinajstić information content (AvgIpc) is 4.01. The number of hydrogen-bond acceptors (Lipinski definition) is 1. The van der Waals surface area contributed by atoms with Gasteiger partial charge in [0.2, 0.25) is 0 Å². The lowest BCUT2D eigenvalue weighted by molar-refractivity contribution is 0.508. The minimum atomic E-state index is 0.185. The third-order valence-corrected chi connectivity index (χ3v) is 10.2. The van der Waals surface area contributed by atoms with Gasteiger partial charge in [-0.25, -0.2) is 0 Å². The molecule has 0 amide bonds. The van der Waals surface area contributed by atoms with Crippen LogP contribution in [-0.4, -0.2) is 9.47 Å². The van der Waals surface area contributed by atoms with Gasteiger partial charge in [0.15, 0.2) is 0 Å². The Morgan fingerprint density at radius 3 is 2.20 bits per heavy atom. The van der Waals surface area contributed by atoms with Crippen LogP contribution in [0.3, 0.4) is 0 Å². The summed E-state index contributed by atoms with van der Waals surface area (Å²) < 4.78 is 2.47. The van der Waals surface area contributed by atoms with Crippen LogP contribution in [0.1, 0.15) is 45.2 Å². The number of nitrogens with zero attached hydrogens (tertiary/aromatic N) is 2. The van der Waals surface area contributed by atoms with E-state index in [1.807, 2.05) is 13.8 Å². The summed E-state index contributed by atoms with van der Waals surface area (Å²) in [5.41, 5.74) is 9.88. The van der Waals surface area contributed by atoms with Crippen molar-refractivity contribution in [1.82, 2.24) is 9.47 Å². The molecule has 0 saturated carbocycles. The summed E-state index contributed by atoms with van der Waals surface area (Å²) in [4.78, 5) is 2.41. The summed E-state index contributed by atoms with van der Waals surface area (Å²) >= 11 is 0. The molecule has 272 valence electrons. The molecule has 1 atom stereocenters. The van der Waals surface area contributed by atoms with Crippen molar-refractivity contribution in [3.63, 3.8) is 0 Å². The van der Waals surface area contributed by atoms with Crippen molar-refractivity contribution < 1.29 is 0 Å². The van der Waals surface area contributed by atoms with E-state index in [1.54, 1.807) is 0 Å². The highest BCUT2D eigenvalue weighted by Crippen LogP contribution is 2.44. The molecule has 6 aromatic rings. The number of aromatic nitrogens is 1. The first-order chi connectivity index (χ1) is 27.2. The Morgan fingerprint density at radius 2 is 1.44 bits per heavy atom. The quantitative estimate of drug-likeness (QED) is 0.0958. The first-order valence-electron chi connectivity index (χ1n) is 19.7. The van der Waals surface area contributed by atoms with Crippen molar-refractivity contribution in [2.24, 2.45) is 11.8 Å². The van der Waals surface area contributed by atoms with Gasteiger partial charge in [0.1, 0.15) is 0 Å². The molecule has 55 heavy (non-hydrogen) atoms. The second-order valence-electron chi connectivity index (χ2n) is 13.7. The van der Waals surface area contributed by atoms with Crippen molar-refractivity contribution in [2.45, 2.75) is 34.1 Å². The maximum Gasteiger partial charge on any atom is 0.0622 e. The SMILES string of the molecule is C/C=C\C(C)/C(=C\C=C\c1ccccc1)N(/C=C/C=C/C1C=CC=C1)C1=CC=C(c2c3ccccc3cc3c4ccccc4n(-c4ccccc4)c23)C1.CC. The van der Waals surface area contributed by atoms with E-state index in [1.165, 1.54) is 66.4 Å². The van der Waals surface area contributed by atoms with Gasteiger partial charge < -0.3 is 9.47 Å². The lowest BCUT2D eigenvalue weighted by Gasteiger charge is -2.28. The monoisotopic (exact) mass is 714 g/mol. The molecular formula is C53H50N2. The summed E-state index contributed by atoms with van der Waals surface area (Å²) in [5, 5.41) is 5.07. The van der Waals surface area contributed by atoms with E-state index in [0.717, 1.165) is 6.42 Å². The molecular weight excluding hydrogens is 665 g/mol. The summed E-state index contributed by atoms with van der Waals surface area (Å²) in [7, 11) is 0. The van der Waals surface area contributed by atoms with Crippen molar-refractivity contribution in [1.29, 1.82) is 0 Å². The zero-order valence-electron chi connectivity index (χ0n) is 32.4. The third-order valence-electron chi connectivity index (χ3n) is 10.2. The van der Waals surface area contributed by atoms with E-state index in [4.69, 9.17) is 0 Å².